The van der Waals surface area contributed by atoms with E-state index in [4.69, 9.17) is 17.3 Å². The number of rotatable bonds is 3. The Balaban J connectivity index is 2.33. The van der Waals surface area contributed by atoms with Crippen LogP contribution in [0, 0.1) is 5.82 Å². The Hall–Kier alpha value is -0.900. The lowest BCUT2D eigenvalue weighted by Gasteiger charge is -2.04. The van der Waals surface area contributed by atoms with Gasteiger partial charge in [0.15, 0.2) is 0 Å². The molecule has 90 valence electrons. The van der Waals surface area contributed by atoms with Gasteiger partial charge in [-0.3, -0.25) is 0 Å². The molecule has 2 N–H and O–H groups in total. The molecule has 0 spiro atoms. The highest BCUT2D eigenvalue weighted by atomic mass is 35.5. The van der Waals surface area contributed by atoms with Crippen molar-refractivity contribution in [2.24, 2.45) is 5.73 Å². The molecule has 0 fully saturated rings. The molecule has 2 rings (SSSR count). The molecule has 0 radical (unpaired) electrons. The molecule has 17 heavy (non-hydrogen) atoms. The molecule has 0 saturated heterocycles. The Bertz CT molecular complexity index is 524. The van der Waals surface area contributed by atoms with Crippen molar-refractivity contribution in [1.82, 2.24) is 0 Å². The number of thiophene rings is 1. The summed E-state index contributed by atoms with van der Waals surface area (Å²) in [5, 5.41) is 0.157. The first-order valence-electron chi connectivity index (χ1n) is 5.37. The maximum Gasteiger partial charge on any atom is 0.141 e. The molecule has 1 nitrogen and oxygen atoms in total. The van der Waals surface area contributed by atoms with E-state index in [0.717, 1.165) is 10.4 Å². The maximum atomic E-state index is 13.1. The lowest BCUT2D eigenvalue weighted by molar-refractivity contribution is 0.628. The fourth-order valence-corrected chi connectivity index (χ4v) is 2.79. The van der Waals surface area contributed by atoms with Crippen molar-refractivity contribution in [3.8, 4) is 10.4 Å². The zero-order valence-electron chi connectivity index (χ0n) is 9.41. The first-order valence-corrected chi connectivity index (χ1v) is 6.56. The molecule has 0 aliphatic carbocycles. The summed E-state index contributed by atoms with van der Waals surface area (Å²) < 4.78 is 13.1. The summed E-state index contributed by atoms with van der Waals surface area (Å²) in [4.78, 5) is 2.32. The number of benzene rings is 1. The largest absolute Gasteiger partial charge is 0.330 e. The molecule has 0 aliphatic heterocycles. The van der Waals surface area contributed by atoms with E-state index in [1.165, 1.54) is 10.9 Å². The van der Waals surface area contributed by atoms with Crippen LogP contribution in [0.4, 0.5) is 4.39 Å². The van der Waals surface area contributed by atoms with E-state index in [1.807, 2.05) is 6.07 Å². The van der Waals surface area contributed by atoms with E-state index < -0.39 is 0 Å². The zero-order valence-corrected chi connectivity index (χ0v) is 11.0. The van der Waals surface area contributed by atoms with E-state index in [0.29, 0.717) is 12.5 Å². The number of hydrogen-bond acceptors (Lipinski definition) is 2. The smallest absolute Gasteiger partial charge is 0.141 e. The molecule has 1 heterocycles. The Morgan fingerprint density at radius 1 is 1.35 bits per heavy atom. The van der Waals surface area contributed by atoms with Gasteiger partial charge in [-0.1, -0.05) is 24.6 Å². The first-order chi connectivity index (χ1) is 8.11. The summed E-state index contributed by atoms with van der Waals surface area (Å²) in [7, 11) is 0. The quantitative estimate of drug-likeness (QED) is 0.885. The van der Waals surface area contributed by atoms with Crippen LogP contribution in [-0.4, -0.2) is 6.54 Å². The second-order valence-corrected chi connectivity index (χ2v) is 5.49. The highest BCUT2D eigenvalue weighted by Crippen LogP contribution is 2.33. The van der Waals surface area contributed by atoms with Crippen molar-refractivity contribution in [2.45, 2.75) is 12.8 Å². The molecule has 0 bridgehead atoms. The van der Waals surface area contributed by atoms with Crippen molar-refractivity contribution in [2.75, 3.05) is 6.54 Å². The molecular formula is C13H13ClFNS. The van der Waals surface area contributed by atoms with Crippen LogP contribution in [0.25, 0.3) is 10.4 Å². The molecule has 4 heteroatoms. The van der Waals surface area contributed by atoms with E-state index in [2.05, 4.69) is 13.0 Å². The third-order valence-corrected chi connectivity index (χ3v) is 4.33. The Morgan fingerprint density at radius 2 is 2.12 bits per heavy atom. The van der Waals surface area contributed by atoms with Gasteiger partial charge in [-0.15, -0.1) is 11.3 Å². The summed E-state index contributed by atoms with van der Waals surface area (Å²) in [6, 6.07) is 8.87. The third kappa shape index (κ3) is 2.68. The van der Waals surface area contributed by atoms with Crippen LogP contribution in [-0.2, 0) is 0 Å². The minimum absolute atomic E-state index is 0.157. The molecule has 0 amide bonds. The zero-order chi connectivity index (χ0) is 12.4. The highest BCUT2D eigenvalue weighted by Gasteiger charge is 2.09. The van der Waals surface area contributed by atoms with Crippen LogP contribution in [0.5, 0.6) is 0 Å². The fourth-order valence-electron chi connectivity index (χ4n) is 1.54. The lowest BCUT2D eigenvalue weighted by atomic mass is 10.1. The van der Waals surface area contributed by atoms with Crippen molar-refractivity contribution in [3.63, 3.8) is 0 Å². The van der Waals surface area contributed by atoms with Crippen molar-refractivity contribution in [3.05, 3.63) is 46.0 Å². The SMILES string of the molecule is CC(CN)c1ccc(-c2ccc(F)c(Cl)c2)s1. The summed E-state index contributed by atoms with van der Waals surface area (Å²) in [5.74, 6) is -0.0350. The van der Waals surface area contributed by atoms with Crippen LogP contribution in [0.3, 0.4) is 0 Å². The molecular weight excluding hydrogens is 257 g/mol. The number of hydrogen-bond donors (Lipinski definition) is 1. The van der Waals surface area contributed by atoms with Crippen molar-refractivity contribution >= 4 is 22.9 Å². The van der Waals surface area contributed by atoms with E-state index in [9.17, 15) is 4.39 Å². The van der Waals surface area contributed by atoms with Gasteiger partial charge in [-0.25, -0.2) is 4.39 Å². The van der Waals surface area contributed by atoms with Gasteiger partial charge in [0, 0.05) is 15.7 Å². The molecule has 1 unspecified atom stereocenters. The van der Waals surface area contributed by atoms with Gasteiger partial charge in [0.05, 0.1) is 5.02 Å². The van der Waals surface area contributed by atoms with E-state index in [1.54, 1.807) is 23.5 Å². The van der Waals surface area contributed by atoms with Crippen LogP contribution in [0.15, 0.2) is 30.3 Å². The van der Waals surface area contributed by atoms with Crippen LogP contribution < -0.4 is 5.73 Å². The molecule has 0 aliphatic rings. The van der Waals surface area contributed by atoms with Gasteiger partial charge in [-0.05, 0) is 36.4 Å². The second-order valence-electron chi connectivity index (χ2n) is 3.97. The average Bonchev–Trinajstić information content (AvgIpc) is 2.81. The molecule has 1 atom stereocenters. The third-order valence-electron chi connectivity index (χ3n) is 2.67. The molecule has 2 aromatic rings. The summed E-state index contributed by atoms with van der Waals surface area (Å²) >= 11 is 7.44. The predicted molar refractivity (Wildman–Crippen MR) is 72.2 cm³/mol. The Labute approximate surface area is 109 Å². The molecule has 0 saturated carbocycles. The Morgan fingerprint density at radius 3 is 2.76 bits per heavy atom. The second kappa shape index (κ2) is 5.17. The van der Waals surface area contributed by atoms with Crippen LogP contribution in [0.2, 0.25) is 5.02 Å². The van der Waals surface area contributed by atoms with Gasteiger partial charge in [-0.2, -0.15) is 0 Å². The van der Waals surface area contributed by atoms with Crippen molar-refractivity contribution in [1.29, 1.82) is 0 Å². The Kier molecular flexibility index (Phi) is 3.82. The van der Waals surface area contributed by atoms with Crippen molar-refractivity contribution < 1.29 is 4.39 Å². The summed E-state index contributed by atoms with van der Waals surface area (Å²) in [6.07, 6.45) is 0. The predicted octanol–water partition coefficient (Wildman–Crippen LogP) is 4.27. The topological polar surface area (TPSA) is 26.0 Å². The number of nitrogens with two attached hydrogens (primary N) is 1. The molecule has 1 aromatic heterocycles. The highest BCUT2D eigenvalue weighted by molar-refractivity contribution is 7.15. The number of halogens is 2. The first kappa shape index (κ1) is 12.6. The van der Waals surface area contributed by atoms with Crippen LogP contribution >= 0.6 is 22.9 Å². The normalized spacial score (nSPS) is 12.7. The van der Waals surface area contributed by atoms with Gasteiger partial charge in [0.25, 0.3) is 0 Å². The monoisotopic (exact) mass is 269 g/mol. The van der Waals surface area contributed by atoms with Gasteiger partial charge in [0.1, 0.15) is 5.82 Å². The summed E-state index contributed by atoms with van der Waals surface area (Å²) in [5.41, 5.74) is 6.57. The van der Waals surface area contributed by atoms with Gasteiger partial charge < -0.3 is 5.73 Å². The minimum atomic E-state index is -0.387. The standard InChI is InChI=1S/C13H13ClFNS/c1-8(7-16)12-4-5-13(17-12)9-2-3-11(15)10(14)6-9/h2-6,8H,7,16H2,1H3. The van der Waals surface area contributed by atoms with Gasteiger partial charge in [0.2, 0.25) is 0 Å². The van der Waals surface area contributed by atoms with E-state index in [-0.39, 0.29) is 10.8 Å². The molecule has 1 aromatic carbocycles. The van der Waals surface area contributed by atoms with Crippen LogP contribution in [0.1, 0.15) is 17.7 Å². The average molecular weight is 270 g/mol. The van der Waals surface area contributed by atoms with E-state index >= 15 is 0 Å². The minimum Gasteiger partial charge on any atom is -0.330 e. The fraction of sp³-hybridized carbons (Fsp3) is 0.231. The van der Waals surface area contributed by atoms with Gasteiger partial charge >= 0.3 is 0 Å². The maximum absolute atomic E-state index is 13.1. The summed E-state index contributed by atoms with van der Waals surface area (Å²) in [6.45, 7) is 2.72. The lowest BCUT2D eigenvalue weighted by Crippen LogP contribution is -2.06.